The van der Waals surface area contributed by atoms with Gasteiger partial charge < -0.3 is 25.4 Å². The number of aryl methyl sites for hydroxylation is 1. The Balaban J connectivity index is 0.887. The highest BCUT2D eigenvalue weighted by atomic mass is 32.2. The number of aliphatic hydroxyl groups is 1. The topological polar surface area (TPSA) is 174 Å². The Morgan fingerprint density at radius 2 is 1.74 bits per heavy atom. The van der Waals surface area contributed by atoms with Gasteiger partial charge in [0.25, 0.3) is 5.91 Å². The number of amides is 4. The van der Waals surface area contributed by atoms with Crippen LogP contribution in [0.3, 0.4) is 0 Å². The lowest BCUT2D eigenvalue weighted by Crippen LogP contribution is -2.52. The van der Waals surface area contributed by atoms with Gasteiger partial charge in [-0.15, -0.1) is 0 Å². The normalized spacial score (nSPS) is 21.6. The lowest BCUT2D eigenvalue weighted by Gasteiger charge is -2.39. The smallest absolute Gasteiger partial charge is 0.255 e. The average molecular weight is 792 g/mol. The number of anilines is 2. The van der Waals surface area contributed by atoms with Crippen molar-refractivity contribution in [3.63, 3.8) is 0 Å². The largest absolute Gasteiger partial charge is 0.493 e. The molecule has 0 aliphatic carbocycles. The summed E-state index contributed by atoms with van der Waals surface area (Å²) in [5, 5.41) is 19.0. The Kier molecular flexibility index (Phi) is 10.6. The molecule has 0 radical (unpaired) electrons. The molecule has 0 saturated carbocycles. The minimum Gasteiger partial charge on any atom is -0.493 e. The second-order valence-corrected chi connectivity index (χ2v) is 17.1. The SMILES string of the molecule is Cc1ccc(S(=O)(=O)N2CC[C@@H]3[C@H](CO)Nc4ccc(-c5cccc(NC(=O)CCCCOc6cccc7c6CN(C6CCC(=O)NC6=O)C7=O)c5)cc4[C@@H]32)cc1. The quantitative estimate of drug-likeness (QED) is 0.112. The number of carbonyl (C=O) groups excluding carboxylic acids is 4. The lowest BCUT2D eigenvalue weighted by atomic mass is 9.82. The van der Waals surface area contributed by atoms with E-state index in [9.17, 15) is 32.7 Å². The molecule has 4 heterocycles. The minimum absolute atomic E-state index is 0.109. The predicted molar refractivity (Wildman–Crippen MR) is 213 cm³/mol. The van der Waals surface area contributed by atoms with Gasteiger partial charge in [-0.1, -0.05) is 42.0 Å². The van der Waals surface area contributed by atoms with E-state index in [-0.39, 0.29) is 67.0 Å². The highest BCUT2D eigenvalue weighted by molar-refractivity contribution is 7.89. The van der Waals surface area contributed by atoms with Gasteiger partial charge in [-0.2, -0.15) is 4.31 Å². The van der Waals surface area contributed by atoms with Crippen LogP contribution in [0.15, 0.2) is 89.8 Å². The monoisotopic (exact) mass is 791 g/mol. The van der Waals surface area contributed by atoms with Crippen molar-refractivity contribution in [1.29, 1.82) is 0 Å². The van der Waals surface area contributed by atoms with Crippen LogP contribution in [0.25, 0.3) is 11.1 Å². The summed E-state index contributed by atoms with van der Waals surface area (Å²) in [6, 6.07) is 24.2. The Morgan fingerprint density at radius 3 is 2.53 bits per heavy atom. The van der Waals surface area contributed by atoms with E-state index in [1.54, 1.807) is 46.8 Å². The Morgan fingerprint density at radius 1 is 0.947 bits per heavy atom. The second kappa shape index (κ2) is 15.8. The van der Waals surface area contributed by atoms with Crippen LogP contribution in [0, 0.1) is 12.8 Å². The number of piperidine rings is 1. The van der Waals surface area contributed by atoms with Crippen molar-refractivity contribution in [3.8, 4) is 16.9 Å². The molecule has 4 aliphatic heterocycles. The van der Waals surface area contributed by atoms with Crippen LogP contribution in [0.4, 0.5) is 11.4 Å². The third kappa shape index (κ3) is 7.52. The first kappa shape index (κ1) is 38.3. The molecule has 14 heteroatoms. The number of benzene rings is 4. The summed E-state index contributed by atoms with van der Waals surface area (Å²) in [6.45, 7) is 2.72. The van der Waals surface area contributed by atoms with E-state index >= 15 is 0 Å². The van der Waals surface area contributed by atoms with Gasteiger partial charge in [0.15, 0.2) is 0 Å². The van der Waals surface area contributed by atoms with Crippen LogP contribution in [0.2, 0.25) is 0 Å². The molecular weight excluding hydrogens is 747 g/mol. The standard InChI is InChI=1S/C43H45N5O8S/c1-26-11-14-30(15-12-26)57(54,55)48-20-19-32-36(25-49)45-35-16-13-28(23-33(35)41(32)48)27-6-4-7-29(22-27)44-39(50)10-2-3-21-56-38-9-5-8-31-34(38)24-47(43(31)53)37-17-18-40(51)46-42(37)52/h4-9,11-16,22-23,32,36-37,41,45,49H,2-3,10,17-21,24-25H2,1H3,(H,44,50)(H,46,51,52)/t32-,36+,37?,41-/m1/s1. The first-order valence-corrected chi connectivity index (χ1v) is 20.9. The second-order valence-electron chi connectivity index (χ2n) is 15.2. The fourth-order valence-corrected chi connectivity index (χ4v) is 10.2. The van der Waals surface area contributed by atoms with Crippen molar-refractivity contribution in [2.45, 2.75) is 75.0 Å². The Bertz CT molecular complexity index is 2350. The van der Waals surface area contributed by atoms with Gasteiger partial charge in [-0.3, -0.25) is 24.5 Å². The number of ether oxygens (including phenoxy) is 1. The van der Waals surface area contributed by atoms with Gasteiger partial charge in [0.2, 0.25) is 27.7 Å². The maximum atomic E-state index is 14.0. The molecule has 2 saturated heterocycles. The zero-order valence-corrected chi connectivity index (χ0v) is 32.4. The van der Waals surface area contributed by atoms with E-state index in [0.717, 1.165) is 27.9 Å². The highest BCUT2D eigenvalue weighted by Crippen LogP contribution is 2.49. The summed E-state index contributed by atoms with van der Waals surface area (Å²) in [5.74, 6) is -0.747. The molecule has 296 valence electrons. The van der Waals surface area contributed by atoms with Gasteiger partial charge in [-0.05, 0) is 97.8 Å². The number of fused-ring (bicyclic) bond motifs is 4. The van der Waals surface area contributed by atoms with E-state index in [0.29, 0.717) is 55.0 Å². The van der Waals surface area contributed by atoms with Crippen LogP contribution < -0.4 is 20.7 Å². The average Bonchev–Trinajstić information content (AvgIpc) is 3.81. The van der Waals surface area contributed by atoms with Gasteiger partial charge in [0.1, 0.15) is 11.8 Å². The van der Waals surface area contributed by atoms with E-state index in [1.165, 1.54) is 4.90 Å². The van der Waals surface area contributed by atoms with E-state index < -0.39 is 28.0 Å². The van der Waals surface area contributed by atoms with Crippen molar-refractivity contribution in [2.75, 3.05) is 30.4 Å². The fraction of sp³-hybridized carbons (Fsp3) is 0.349. The summed E-state index contributed by atoms with van der Waals surface area (Å²) < 4.78 is 35.6. The minimum atomic E-state index is -3.80. The van der Waals surface area contributed by atoms with Gasteiger partial charge in [0.05, 0.1) is 36.7 Å². The van der Waals surface area contributed by atoms with Crippen LogP contribution >= 0.6 is 0 Å². The van der Waals surface area contributed by atoms with Crippen LogP contribution in [0.5, 0.6) is 5.75 Å². The molecule has 13 nitrogen and oxygen atoms in total. The van der Waals surface area contributed by atoms with E-state index in [4.69, 9.17) is 4.74 Å². The molecule has 4 atom stereocenters. The summed E-state index contributed by atoms with van der Waals surface area (Å²) in [6.07, 6.45) is 2.53. The zero-order chi connectivity index (χ0) is 39.8. The number of rotatable bonds is 12. The number of imide groups is 1. The van der Waals surface area contributed by atoms with Crippen molar-refractivity contribution in [1.82, 2.24) is 14.5 Å². The van der Waals surface area contributed by atoms with Crippen molar-refractivity contribution >= 4 is 45.0 Å². The Hall–Kier alpha value is -5.57. The summed E-state index contributed by atoms with van der Waals surface area (Å²) >= 11 is 0. The fourth-order valence-electron chi connectivity index (χ4n) is 8.58. The van der Waals surface area contributed by atoms with Gasteiger partial charge in [0, 0.05) is 47.8 Å². The maximum absolute atomic E-state index is 14.0. The van der Waals surface area contributed by atoms with Crippen molar-refractivity contribution in [3.05, 3.63) is 107 Å². The first-order chi connectivity index (χ1) is 27.5. The number of nitrogens with zero attached hydrogens (tertiary/aromatic N) is 2. The van der Waals surface area contributed by atoms with Crippen molar-refractivity contribution < 1.29 is 37.4 Å². The number of hydrogen-bond donors (Lipinski definition) is 4. The van der Waals surface area contributed by atoms with Gasteiger partial charge in [-0.25, -0.2) is 8.42 Å². The summed E-state index contributed by atoms with van der Waals surface area (Å²) in [7, 11) is -3.80. The molecular formula is C43H45N5O8S. The van der Waals surface area contributed by atoms with E-state index in [2.05, 4.69) is 16.0 Å². The van der Waals surface area contributed by atoms with Crippen molar-refractivity contribution in [2.24, 2.45) is 5.92 Å². The molecule has 4 aromatic rings. The number of hydrogen-bond acceptors (Lipinski definition) is 9. The number of unbranched alkanes of at least 4 members (excludes halogenated alkanes) is 1. The molecule has 0 bridgehead atoms. The molecule has 4 aromatic carbocycles. The predicted octanol–water partition coefficient (Wildman–Crippen LogP) is 5.15. The number of sulfonamides is 1. The Labute approximate surface area is 331 Å². The molecule has 1 unspecified atom stereocenters. The number of nitrogens with one attached hydrogen (secondary N) is 3. The van der Waals surface area contributed by atoms with E-state index in [1.807, 2.05) is 49.4 Å². The zero-order valence-electron chi connectivity index (χ0n) is 31.6. The first-order valence-electron chi connectivity index (χ1n) is 19.4. The molecule has 57 heavy (non-hydrogen) atoms. The summed E-state index contributed by atoms with van der Waals surface area (Å²) in [4.78, 5) is 51.9. The molecule has 0 aromatic heterocycles. The molecule has 8 rings (SSSR count). The molecule has 4 aliphatic rings. The van der Waals surface area contributed by atoms with Crippen LogP contribution in [-0.2, 0) is 31.0 Å². The highest BCUT2D eigenvalue weighted by Gasteiger charge is 2.48. The third-order valence-corrected chi connectivity index (χ3v) is 13.4. The van der Waals surface area contributed by atoms with Crippen LogP contribution in [-0.4, -0.2) is 78.2 Å². The van der Waals surface area contributed by atoms with Crippen LogP contribution in [0.1, 0.15) is 71.6 Å². The molecule has 4 N–H and O–H groups in total. The third-order valence-electron chi connectivity index (χ3n) is 11.5. The summed E-state index contributed by atoms with van der Waals surface area (Å²) in [5.41, 5.74) is 6.18. The molecule has 4 amide bonds. The van der Waals surface area contributed by atoms with Gasteiger partial charge >= 0.3 is 0 Å². The lowest BCUT2D eigenvalue weighted by molar-refractivity contribution is -0.137. The molecule has 0 spiro atoms. The number of aliphatic hydroxyl groups excluding tert-OH is 1. The number of carbonyl (C=O) groups is 4. The maximum Gasteiger partial charge on any atom is 0.255 e. The molecule has 2 fully saturated rings.